The molecule has 0 saturated carbocycles. The molecule has 0 aliphatic rings. The van der Waals surface area contributed by atoms with E-state index in [-0.39, 0.29) is 21.7 Å². The van der Waals surface area contributed by atoms with Gasteiger partial charge in [0.2, 0.25) is 0 Å². The zero-order valence-corrected chi connectivity index (χ0v) is 15.2. The zero-order chi connectivity index (χ0) is 20.0. The van der Waals surface area contributed by atoms with Crippen LogP contribution in [0.1, 0.15) is 33.2 Å². The third-order valence-electron chi connectivity index (χ3n) is 3.56. The van der Waals surface area contributed by atoms with Crippen molar-refractivity contribution in [1.29, 1.82) is 5.26 Å². The molecule has 0 spiro atoms. The lowest BCUT2D eigenvalue weighted by molar-refractivity contribution is -0.123. The third kappa shape index (κ3) is 4.84. The van der Waals surface area contributed by atoms with Crippen LogP contribution < -0.4 is 5.32 Å². The van der Waals surface area contributed by atoms with E-state index in [9.17, 15) is 14.4 Å². The van der Waals surface area contributed by atoms with Gasteiger partial charge in [0.1, 0.15) is 6.07 Å². The fraction of sp³-hybridized carbons (Fsp3) is 0.158. The molecule has 2 rings (SSSR count). The Bertz CT molecular complexity index is 936. The maximum atomic E-state index is 12.3. The van der Waals surface area contributed by atoms with Crippen LogP contribution >= 0.6 is 11.6 Å². The van der Waals surface area contributed by atoms with Crippen LogP contribution in [0.4, 0.5) is 5.69 Å². The van der Waals surface area contributed by atoms with Gasteiger partial charge in [-0.3, -0.25) is 4.79 Å². The summed E-state index contributed by atoms with van der Waals surface area (Å²) < 4.78 is 9.76. The predicted octanol–water partition coefficient (Wildman–Crippen LogP) is 3.18. The van der Waals surface area contributed by atoms with Gasteiger partial charge < -0.3 is 14.8 Å². The molecule has 1 unspecified atom stereocenters. The molecule has 27 heavy (non-hydrogen) atoms. The molecule has 7 nitrogen and oxygen atoms in total. The molecule has 1 atom stereocenters. The molecule has 0 aliphatic carbocycles. The van der Waals surface area contributed by atoms with E-state index >= 15 is 0 Å². The van der Waals surface area contributed by atoms with Crippen molar-refractivity contribution in [3.05, 3.63) is 64.2 Å². The van der Waals surface area contributed by atoms with Crippen LogP contribution in [0.15, 0.2) is 42.5 Å². The van der Waals surface area contributed by atoms with Gasteiger partial charge in [-0.25, -0.2) is 9.59 Å². The van der Waals surface area contributed by atoms with Gasteiger partial charge in [-0.15, -0.1) is 0 Å². The van der Waals surface area contributed by atoms with Crippen molar-refractivity contribution in [1.82, 2.24) is 0 Å². The number of anilines is 1. The number of hydrogen-bond donors (Lipinski definition) is 1. The number of rotatable bonds is 5. The van der Waals surface area contributed by atoms with Crippen molar-refractivity contribution >= 4 is 35.1 Å². The largest absolute Gasteiger partial charge is 0.465 e. The molecule has 0 saturated heterocycles. The van der Waals surface area contributed by atoms with Gasteiger partial charge in [-0.1, -0.05) is 23.7 Å². The second-order valence-corrected chi connectivity index (χ2v) is 5.79. The summed E-state index contributed by atoms with van der Waals surface area (Å²) in [6, 6.07) is 12.3. The van der Waals surface area contributed by atoms with Gasteiger partial charge in [0.25, 0.3) is 5.91 Å². The van der Waals surface area contributed by atoms with Gasteiger partial charge in [0, 0.05) is 5.69 Å². The van der Waals surface area contributed by atoms with Crippen LogP contribution in [0, 0.1) is 11.3 Å². The van der Waals surface area contributed by atoms with E-state index in [4.69, 9.17) is 21.6 Å². The van der Waals surface area contributed by atoms with Crippen LogP contribution in [-0.4, -0.2) is 31.1 Å². The van der Waals surface area contributed by atoms with Gasteiger partial charge >= 0.3 is 11.9 Å². The summed E-state index contributed by atoms with van der Waals surface area (Å²) >= 11 is 5.91. The molecule has 2 aromatic rings. The van der Waals surface area contributed by atoms with Crippen LogP contribution in [0.3, 0.4) is 0 Å². The Kier molecular flexibility index (Phi) is 6.52. The molecular weight excluding hydrogens is 372 g/mol. The lowest BCUT2D eigenvalue weighted by Crippen LogP contribution is -2.30. The zero-order valence-electron chi connectivity index (χ0n) is 14.5. The van der Waals surface area contributed by atoms with E-state index < -0.39 is 23.9 Å². The Hall–Kier alpha value is -3.37. The van der Waals surface area contributed by atoms with Gasteiger partial charge in [0.05, 0.1) is 28.8 Å². The summed E-state index contributed by atoms with van der Waals surface area (Å²) in [5.74, 6) is -2.12. The van der Waals surface area contributed by atoms with Crippen LogP contribution in [0.2, 0.25) is 5.02 Å². The minimum Gasteiger partial charge on any atom is -0.465 e. The first-order chi connectivity index (χ1) is 12.9. The number of benzene rings is 2. The Morgan fingerprint density at radius 1 is 1.11 bits per heavy atom. The fourth-order valence-electron chi connectivity index (χ4n) is 2.15. The average Bonchev–Trinajstić information content (AvgIpc) is 2.67. The monoisotopic (exact) mass is 386 g/mol. The predicted molar refractivity (Wildman–Crippen MR) is 97.5 cm³/mol. The highest BCUT2D eigenvalue weighted by molar-refractivity contribution is 6.32. The normalized spacial score (nSPS) is 11.0. The Labute approximate surface area is 160 Å². The number of carbonyl (C=O) groups is 3. The molecule has 1 N–H and O–H groups in total. The van der Waals surface area contributed by atoms with Crippen molar-refractivity contribution in [2.24, 2.45) is 0 Å². The average molecular weight is 387 g/mol. The topological polar surface area (TPSA) is 105 Å². The van der Waals surface area contributed by atoms with Crippen molar-refractivity contribution in [3.63, 3.8) is 0 Å². The van der Waals surface area contributed by atoms with Crippen LogP contribution in [-0.2, 0) is 14.3 Å². The number of nitrogens with one attached hydrogen (secondary N) is 1. The van der Waals surface area contributed by atoms with Crippen molar-refractivity contribution < 1.29 is 23.9 Å². The number of hydrogen-bond acceptors (Lipinski definition) is 6. The molecule has 0 aromatic heterocycles. The van der Waals surface area contributed by atoms with Crippen molar-refractivity contribution in [2.75, 3.05) is 12.4 Å². The number of esters is 2. The highest BCUT2D eigenvalue weighted by Gasteiger charge is 2.23. The molecule has 0 heterocycles. The third-order valence-corrected chi connectivity index (χ3v) is 3.88. The van der Waals surface area contributed by atoms with Gasteiger partial charge in [-0.05, 0) is 37.3 Å². The van der Waals surface area contributed by atoms with Crippen LogP contribution in [0.25, 0.3) is 0 Å². The molecule has 138 valence electrons. The van der Waals surface area contributed by atoms with E-state index in [1.807, 2.05) is 6.07 Å². The van der Waals surface area contributed by atoms with E-state index in [1.54, 1.807) is 12.1 Å². The number of nitriles is 1. The molecule has 1 amide bonds. The Morgan fingerprint density at radius 3 is 2.30 bits per heavy atom. The number of halogens is 1. The van der Waals surface area contributed by atoms with E-state index in [2.05, 4.69) is 10.1 Å². The first-order valence-corrected chi connectivity index (χ1v) is 8.14. The highest BCUT2D eigenvalue weighted by Crippen LogP contribution is 2.20. The minimum atomic E-state index is -1.14. The lowest BCUT2D eigenvalue weighted by atomic mass is 10.1. The molecular formula is C19H15ClN2O5. The molecule has 0 fully saturated rings. The quantitative estimate of drug-likeness (QED) is 0.791. The van der Waals surface area contributed by atoms with E-state index in [0.29, 0.717) is 5.69 Å². The summed E-state index contributed by atoms with van der Waals surface area (Å²) in [5.41, 5.74) is 0.650. The first kappa shape index (κ1) is 19.9. The number of methoxy groups -OCH3 is 1. The molecule has 8 heteroatoms. The van der Waals surface area contributed by atoms with Gasteiger partial charge in [-0.2, -0.15) is 5.26 Å². The van der Waals surface area contributed by atoms with Crippen molar-refractivity contribution in [2.45, 2.75) is 13.0 Å². The summed E-state index contributed by atoms with van der Waals surface area (Å²) in [6.45, 7) is 1.39. The van der Waals surface area contributed by atoms with E-state index in [1.165, 1.54) is 44.4 Å². The van der Waals surface area contributed by atoms with Crippen molar-refractivity contribution in [3.8, 4) is 6.07 Å². The van der Waals surface area contributed by atoms with E-state index in [0.717, 1.165) is 0 Å². The number of ether oxygens (including phenoxy) is 2. The maximum Gasteiger partial charge on any atom is 0.339 e. The summed E-state index contributed by atoms with van der Waals surface area (Å²) in [5, 5.41) is 11.6. The smallest absolute Gasteiger partial charge is 0.339 e. The molecule has 0 radical (unpaired) electrons. The van der Waals surface area contributed by atoms with Crippen LogP contribution in [0.5, 0.6) is 0 Å². The second kappa shape index (κ2) is 8.83. The SMILES string of the molecule is COC(=O)c1ccccc1C(=O)OC(C)C(=O)Nc1ccc(C#N)c(Cl)c1. The van der Waals surface area contributed by atoms with Gasteiger partial charge in [0.15, 0.2) is 6.10 Å². The lowest BCUT2D eigenvalue weighted by Gasteiger charge is -2.15. The summed E-state index contributed by atoms with van der Waals surface area (Å²) in [6.07, 6.45) is -1.14. The second-order valence-electron chi connectivity index (χ2n) is 5.38. The number of amides is 1. The highest BCUT2D eigenvalue weighted by atomic mass is 35.5. The molecule has 0 bridgehead atoms. The number of carbonyl (C=O) groups excluding carboxylic acids is 3. The standard InChI is InChI=1S/C19H15ClN2O5/c1-11(17(23)22-13-8-7-12(10-21)16(20)9-13)27-19(25)15-6-4-3-5-14(15)18(24)26-2/h3-9,11H,1-2H3,(H,22,23). The summed E-state index contributed by atoms with van der Waals surface area (Å²) in [4.78, 5) is 36.3. The Balaban J connectivity index is 2.09. The first-order valence-electron chi connectivity index (χ1n) is 7.76. The molecule has 2 aromatic carbocycles. The summed E-state index contributed by atoms with van der Waals surface area (Å²) in [7, 11) is 1.20. The fourth-order valence-corrected chi connectivity index (χ4v) is 2.38. The maximum absolute atomic E-state index is 12.3. The number of nitrogens with zero attached hydrogens (tertiary/aromatic N) is 1. The minimum absolute atomic E-state index is 0.00887. The Morgan fingerprint density at radius 2 is 1.74 bits per heavy atom. The molecule has 0 aliphatic heterocycles.